The molecule has 0 radical (unpaired) electrons. The number of carboxylic acid groups (broad SMARTS) is 1. The monoisotopic (exact) mass is 696 g/mol. The molecule has 1 heterocycles. The van der Waals surface area contributed by atoms with Gasteiger partial charge in [0.05, 0.1) is 11.5 Å². The third-order valence-electron chi connectivity index (χ3n) is 6.39. The Balaban J connectivity index is 0.000000232. The zero-order chi connectivity index (χ0) is 36.5. The summed E-state index contributed by atoms with van der Waals surface area (Å²) in [6.07, 6.45) is -6.36. The van der Waals surface area contributed by atoms with Crippen molar-refractivity contribution in [2.75, 3.05) is 0 Å². The first-order chi connectivity index (χ1) is 23.6. The summed E-state index contributed by atoms with van der Waals surface area (Å²) in [4.78, 5) is 35.3. The number of ether oxygens (including phenoxy) is 2. The van der Waals surface area contributed by atoms with Crippen LogP contribution in [0.1, 0.15) is 47.8 Å². The maximum absolute atomic E-state index is 12.4. The Bertz CT molecular complexity index is 1960. The predicted molar refractivity (Wildman–Crippen MR) is 162 cm³/mol. The van der Waals surface area contributed by atoms with Crippen molar-refractivity contribution >= 4 is 23.4 Å². The Morgan fingerprint density at radius 3 is 1.20 bits per heavy atom. The van der Waals surface area contributed by atoms with Gasteiger partial charge in [-0.2, -0.15) is 0 Å². The molecule has 15 heteroatoms. The second-order valence-corrected chi connectivity index (χ2v) is 9.92. The first-order valence-electron chi connectivity index (χ1n) is 14.0. The molecule has 0 aliphatic carbocycles. The van der Waals surface area contributed by atoms with Crippen molar-refractivity contribution in [3.63, 3.8) is 0 Å². The number of alkyl halides is 6. The smallest absolute Gasteiger partial charge is 0.573 e. The van der Waals surface area contributed by atoms with Gasteiger partial charge in [-0.1, -0.05) is 47.1 Å². The average molecular weight is 697 g/mol. The van der Waals surface area contributed by atoms with Crippen LogP contribution in [0.2, 0.25) is 0 Å². The van der Waals surface area contributed by atoms with E-state index in [1.54, 1.807) is 30.6 Å². The van der Waals surface area contributed by atoms with Crippen molar-refractivity contribution in [2.24, 2.45) is 5.10 Å². The van der Waals surface area contributed by atoms with Crippen molar-refractivity contribution < 1.29 is 65.1 Å². The van der Waals surface area contributed by atoms with Crippen LogP contribution < -0.4 is 19.3 Å². The lowest BCUT2D eigenvalue weighted by Crippen LogP contribution is -2.33. The highest BCUT2D eigenvalue weighted by atomic mass is 19.4. The lowest BCUT2D eigenvalue weighted by Gasteiger charge is -2.10. The molecule has 5 aromatic rings. The maximum Gasteiger partial charge on any atom is 0.573 e. The number of carbonyl (C=O) groups excluding carboxylic acids is 2. The van der Waals surface area contributed by atoms with E-state index in [4.69, 9.17) is 5.11 Å². The molecule has 0 saturated carbocycles. The molecule has 0 unspecified atom stereocenters. The number of rotatable bonds is 9. The molecule has 5 rings (SSSR count). The molecule has 0 atom stereocenters. The molecule has 0 bridgehead atoms. The first kappa shape index (κ1) is 36.3. The summed E-state index contributed by atoms with van der Waals surface area (Å²) >= 11 is 0. The first-order valence-corrected chi connectivity index (χ1v) is 14.0. The Morgan fingerprint density at radius 1 is 0.540 bits per heavy atom. The molecule has 0 fully saturated rings. The molecular weight excluding hydrogens is 674 g/mol. The number of carboxylic acids is 1. The zero-order valence-corrected chi connectivity index (χ0v) is 25.2. The van der Waals surface area contributed by atoms with Gasteiger partial charge in [-0.3, -0.25) is 9.59 Å². The fourth-order valence-corrected chi connectivity index (χ4v) is 4.10. The van der Waals surface area contributed by atoms with Crippen molar-refractivity contribution in [2.45, 2.75) is 12.7 Å². The standard InChI is InChI=1S/C20H13F3N2O3.C15H9F3O4/c21-20(22,23)28-17-10-8-15(9-11-17)18(26)14-4-6-16(7-5-14)19(27)24-25-12-2-1-3-13-25;16-15(17,18)22-12-7-5-10(6-8-12)13(19)9-1-3-11(4-2-9)14(20)21/h1-13H;1-8H,(H,20,21). The number of hydrogen-bond donors (Lipinski definition) is 1. The number of halogens is 6. The molecule has 0 saturated heterocycles. The van der Waals surface area contributed by atoms with E-state index in [-0.39, 0.29) is 27.8 Å². The highest BCUT2D eigenvalue weighted by molar-refractivity contribution is 6.10. The highest BCUT2D eigenvalue weighted by Gasteiger charge is 2.31. The van der Waals surface area contributed by atoms with Gasteiger partial charge in [0, 0.05) is 34.4 Å². The van der Waals surface area contributed by atoms with Gasteiger partial charge in [0.1, 0.15) is 11.5 Å². The largest absolute Gasteiger partial charge is 0.854 e. The minimum absolute atomic E-state index is 0.0328. The Kier molecular flexibility index (Phi) is 11.3. The van der Waals surface area contributed by atoms with Crippen molar-refractivity contribution in [3.05, 3.63) is 161 Å². The van der Waals surface area contributed by atoms with Gasteiger partial charge >= 0.3 is 18.7 Å². The van der Waals surface area contributed by atoms with Gasteiger partial charge in [0.15, 0.2) is 11.6 Å². The van der Waals surface area contributed by atoms with Crippen LogP contribution in [-0.2, 0) is 0 Å². The van der Waals surface area contributed by atoms with Crippen LogP contribution in [0, 0.1) is 0 Å². The number of aromatic carboxylic acids is 1. The topological polar surface area (TPSA) is 129 Å². The molecule has 0 aliphatic rings. The number of hydrogen-bond acceptors (Lipinski definition) is 7. The second kappa shape index (κ2) is 15.6. The third kappa shape index (κ3) is 10.8. The summed E-state index contributed by atoms with van der Waals surface area (Å²) in [7, 11) is 0. The Labute approximate surface area is 278 Å². The van der Waals surface area contributed by atoms with E-state index < -0.39 is 47.7 Å². The minimum Gasteiger partial charge on any atom is -0.854 e. The van der Waals surface area contributed by atoms with E-state index in [2.05, 4.69) is 14.6 Å². The van der Waals surface area contributed by atoms with E-state index in [1.165, 1.54) is 77.5 Å². The fourth-order valence-electron chi connectivity index (χ4n) is 4.10. The normalized spacial score (nSPS) is 11.5. The average Bonchev–Trinajstić information content (AvgIpc) is 3.08. The number of ketones is 2. The molecule has 50 heavy (non-hydrogen) atoms. The van der Waals surface area contributed by atoms with Crippen LogP contribution in [0.5, 0.6) is 11.5 Å². The molecule has 0 aliphatic heterocycles. The number of aromatic nitrogens is 1. The molecule has 9 nitrogen and oxygen atoms in total. The molecule has 0 spiro atoms. The van der Waals surface area contributed by atoms with Crippen LogP contribution in [0.4, 0.5) is 26.3 Å². The lowest BCUT2D eigenvalue weighted by molar-refractivity contribution is -0.681. The summed E-state index contributed by atoms with van der Waals surface area (Å²) in [6.45, 7) is 0. The summed E-state index contributed by atoms with van der Waals surface area (Å²) in [6, 6.07) is 25.4. The summed E-state index contributed by atoms with van der Waals surface area (Å²) in [5, 5.41) is 24.8. The van der Waals surface area contributed by atoms with Crippen LogP contribution in [-0.4, -0.2) is 41.3 Å². The molecule has 256 valence electrons. The maximum atomic E-state index is 12.4. The highest BCUT2D eigenvalue weighted by Crippen LogP contribution is 2.25. The molecular formula is C35H22F6N2O7. The van der Waals surface area contributed by atoms with Gasteiger partial charge in [0.25, 0.3) is 0 Å². The Morgan fingerprint density at radius 2 is 0.860 bits per heavy atom. The molecule has 4 aromatic carbocycles. The molecule has 0 amide bonds. The predicted octanol–water partition coefficient (Wildman–Crippen LogP) is 6.19. The second-order valence-electron chi connectivity index (χ2n) is 9.92. The van der Waals surface area contributed by atoms with E-state index in [9.17, 15) is 45.8 Å². The number of nitrogens with zero attached hydrogens (tertiary/aromatic N) is 2. The molecule has 1 aromatic heterocycles. The van der Waals surface area contributed by atoms with E-state index in [0.717, 1.165) is 24.3 Å². The lowest BCUT2D eigenvalue weighted by atomic mass is 10.0. The van der Waals surface area contributed by atoms with Gasteiger partial charge in [0.2, 0.25) is 12.4 Å². The van der Waals surface area contributed by atoms with E-state index in [0.29, 0.717) is 5.56 Å². The number of pyridine rings is 1. The van der Waals surface area contributed by atoms with E-state index >= 15 is 0 Å². The summed E-state index contributed by atoms with van der Waals surface area (Å²) < 4.78 is 81.5. The van der Waals surface area contributed by atoms with Crippen molar-refractivity contribution in [1.82, 2.24) is 0 Å². The van der Waals surface area contributed by atoms with E-state index in [1.807, 2.05) is 0 Å². The van der Waals surface area contributed by atoms with Gasteiger partial charge < -0.3 is 19.7 Å². The summed E-state index contributed by atoms with van der Waals surface area (Å²) in [5.41, 5.74) is 1.20. The third-order valence-corrected chi connectivity index (χ3v) is 6.39. The van der Waals surface area contributed by atoms with Gasteiger partial charge in [-0.25, -0.2) is 4.79 Å². The van der Waals surface area contributed by atoms with Crippen LogP contribution in [0.3, 0.4) is 0 Å². The van der Waals surface area contributed by atoms with Crippen LogP contribution in [0.15, 0.2) is 133 Å². The number of carbonyl (C=O) groups is 3. The SMILES string of the molecule is O=C(O)c1ccc(C(=O)c2ccc(OC(F)(F)F)cc2)cc1.O=C(c1ccc(OC(F)(F)F)cc1)c1ccc(C([O-])=N[n+]2ccccc2)cc1. The molecule has 1 N–H and O–H groups in total. The van der Waals surface area contributed by atoms with Crippen molar-refractivity contribution in [3.8, 4) is 11.5 Å². The number of benzene rings is 4. The van der Waals surface area contributed by atoms with Crippen LogP contribution >= 0.6 is 0 Å². The van der Waals surface area contributed by atoms with Crippen molar-refractivity contribution in [1.29, 1.82) is 0 Å². The summed E-state index contributed by atoms with van der Waals surface area (Å²) in [5.74, 6) is -3.27. The van der Waals surface area contributed by atoms with Gasteiger partial charge in [-0.15, -0.1) is 26.3 Å². The quantitative estimate of drug-likeness (QED) is 0.0640. The Hall–Kier alpha value is -6.51. The van der Waals surface area contributed by atoms with Crippen LogP contribution in [0.25, 0.3) is 0 Å². The zero-order valence-electron chi connectivity index (χ0n) is 25.2. The minimum atomic E-state index is -4.79. The fraction of sp³-hybridized carbons (Fsp3) is 0.0571. The van der Waals surface area contributed by atoms with Gasteiger partial charge in [-0.05, 0) is 71.3 Å².